The standard InChI is InChI=1S/C15H30O3/c1-10(16)4-13-7-14(5-11(2)17)9-15(8-13)6-12(3)18/h10-18H,4-9H2,1-3H3. The average Bonchev–Trinajstić information content (AvgIpc) is 2.12. The maximum atomic E-state index is 9.54. The highest BCUT2D eigenvalue weighted by Crippen LogP contribution is 2.39. The van der Waals surface area contributed by atoms with E-state index < -0.39 is 0 Å². The molecule has 0 spiro atoms. The monoisotopic (exact) mass is 258 g/mol. The van der Waals surface area contributed by atoms with Crippen LogP contribution in [0.3, 0.4) is 0 Å². The zero-order valence-electron chi connectivity index (χ0n) is 12.0. The average molecular weight is 258 g/mol. The van der Waals surface area contributed by atoms with Gasteiger partial charge in [-0.25, -0.2) is 0 Å². The lowest BCUT2D eigenvalue weighted by molar-refractivity contribution is 0.0665. The van der Waals surface area contributed by atoms with Gasteiger partial charge in [0, 0.05) is 0 Å². The molecule has 0 radical (unpaired) electrons. The van der Waals surface area contributed by atoms with E-state index in [1.165, 1.54) is 0 Å². The Kier molecular flexibility index (Phi) is 6.61. The highest BCUT2D eigenvalue weighted by Gasteiger charge is 2.30. The minimum Gasteiger partial charge on any atom is -0.393 e. The van der Waals surface area contributed by atoms with Gasteiger partial charge < -0.3 is 15.3 Å². The van der Waals surface area contributed by atoms with Gasteiger partial charge in [-0.15, -0.1) is 0 Å². The van der Waals surface area contributed by atoms with Crippen molar-refractivity contribution in [2.75, 3.05) is 0 Å². The van der Waals surface area contributed by atoms with Crippen molar-refractivity contribution in [3.8, 4) is 0 Å². The van der Waals surface area contributed by atoms with Gasteiger partial charge in [0.05, 0.1) is 18.3 Å². The van der Waals surface area contributed by atoms with Crippen LogP contribution in [0.15, 0.2) is 0 Å². The Hall–Kier alpha value is -0.120. The van der Waals surface area contributed by atoms with Crippen molar-refractivity contribution >= 4 is 0 Å². The second-order valence-corrected chi connectivity index (χ2v) is 6.56. The van der Waals surface area contributed by atoms with E-state index in [0.717, 1.165) is 38.5 Å². The van der Waals surface area contributed by atoms with Crippen molar-refractivity contribution in [2.45, 2.75) is 77.6 Å². The summed E-state index contributed by atoms with van der Waals surface area (Å²) in [4.78, 5) is 0. The quantitative estimate of drug-likeness (QED) is 0.685. The summed E-state index contributed by atoms with van der Waals surface area (Å²) in [5.41, 5.74) is 0. The van der Waals surface area contributed by atoms with E-state index in [9.17, 15) is 15.3 Å². The van der Waals surface area contributed by atoms with Crippen molar-refractivity contribution in [1.82, 2.24) is 0 Å². The summed E-state index contributed by atoms with van der Waals surface area (Å²) < 4.78 is 0. The van der Waals surface area contributed by atoms with Crippen LogP contribution in [0.4, 0.5) is 0 Å². The van der Waals surface area contributed by atoms with Crippen LogP contribution in [0.1, 0.15) is 59.3 Å². The third-order valence-corrected chi connectivity index (χ3v) is 4.02. The molecule has 0 aliphatic heterocycles. The van der Waals surface area contributed by atoms with Crippen molar-refractivity contribution in [3.63, 3.8) is 0 Å². The molecule has 3 unspecified atom stereocenters. The lowest BCUT2D eigenvalue weighted by Gasteiger charge is -2.36. The van der Waals surface area contributed by atoms with Gasteiger partial charge in [0.1, 0.15) is 0 Å². The highest BCUT2D eigenvalue weighted by atomic mass is 16.3. The lowest BCUT2D eigenvalue weighted by atomic mass is 9.70. The smallest absolute Gasteiger partial charge is 0.0514 e. The van der Waals surface area contributed by atoms with E-state index in [1.807, 2.05) is 20.8 Å². The second-order valence-electron chi connectivity index (χ2n) is 6.56. The molecule has 0 bridgehead atoms. The molecule has 0 heterocycles. The molecule has 1 saturated carbocycles. The molecule has 0 amide bonds. The van der Waals surface area contributed by atoms with Crippen LogP contribution in [-0.2, 0) is 0 Å². The van der Waals surface area contributed by atoms with Gasteiger partial charge in [-0.2, -0.15) is 0 Å². The van der Waals surface area contributed by atoms with Crippen molar-refractivity contribution in [3.05, 3.63) is 0 Å². The molecule has 1 aliphatic carbocycles. The Morgan fingerprint density at radius 3 is 1.06 bits per heavy atom. The molecule has 1 aliphatic rings. The predicted molar refractivity (Wildman–Crippen MR) is 73.2 cm³/mol. The zero-order valence-corrected chi connectivity index (χ0v) is 12.0. The van der Waals surface area contributed by atoms with Gasteiger partial charge in [0.25, 0.3) is 0 Å². The Labute approximate surface area is 111 Å². The minimum absolute atomic E-state index is 0.243. The van der Waals surface area contributed by atoms with Crippen LogP contribution >= 0.6 is 0 Å². The molecule has 18 heavy (non-hydrogen) atoms. The lowest BCUT2D eigenvalue weighted by Crippen LogP contribution is -2.28. The minimum atomic E-state index is -0.243. The van der Waals surface area contributed by atoms with E-state index in [2.05, 4.69) is 0 Å². The molecule has 1 rings (SSSR count). The molecule has 3 heteroatoms. The van der Waals surface area contributed by atoms with Crippen molar-refractivity contribution < 1.29 is 15.3 Å². The van der Waals surface area contributed by atoms with E-state index >= 15 is 0 Å². The molecule has 108 valence electrons. The Morgan fingerprint density at radius 1 is 0.667 bits per heavy atom. The van der Waals surface area contributed by atoms with Gasteiger partial charge in [0.2, 0.25) is 0 Å². The molecule has 0 aromatic rings. The van der Waals surface area contributed by atoms with E-state index in [-0.39, 0.29) is 18.3 Å². The fourth-order valence-corrected chi connectivity index (χ4v) is 3.73. The van der Waals surface area contributed by atoms with Crippen LogP contribution in [0, 0.1) is 17.8 Å². The maximum Gasteiger partial charge on any atom is 0.0514 e. The van der Waals surface area contributed by atoms with Crippen LogP contribution in [0.25, 0.3) is 0 Å². The largest absolute Gasteiger partial charge is 0.393 e. The summed E-state index contributed by atoms with van der Waals surface area (Å²) in [6.07, 6.45) is 5.18. The van der Waals surface area contributed by atoms with E-state index in [1.54, 1.807) is 0 Å². The maximum absolute atomic E-state index is 9.54. The SMILES string of the molecule is CC(O)CC1CC(CC(C)O)CC(CC(C)O)C1. The number of hydrogen-bond donors (Lipinski definition) is 3. The van der Waals surface area contributed by atoms with Gasteiger partial charge in [0.15, 0.2) is 0 Å². The second kappa shape index (κ2) is 7.46. The summed E-state index contributed by atoms with van der Waals surface area (Å²) in [7, 11) is 0. The molecule has 1 fully saturated rings. The fourth-order valence-electron chi connectivity index (χ4n) is 3.73. The molecule has 0 aromatic heterocycles. The van der Waals surface area contributed by atoms with E-state index in [4.69, 9.17) is 0 Å². The Balaban J connectivity index is 2.54. The van der Waals surface area contributed by atoms with Gasteiger partial charge in [-0.1, -0.05) is 0 Å². The third kappa shape index (κ3) is 6.17. The zero-order chi connectivity index (χ0) is 13.7. The molecule has 3 N–H and O–H groups in total. The van der Waals surface area contributed by atoms with Crippen LogP contribution in [-0.4, -0.2) is 33.6 Å². The first kappa shape index (κ1) is 15.9. The first-order chi connectivity index (χ1) is 8.36. The van der Waals surface area contributed by atoms with Gasteiger partial charge in [-0.05, 0) is 77.0 Å². The predicted octanol–water partition coefficient (Wildman–Crippen LogP) is 2.33. The summed E-state index contributed by atoms with van der Waals surface area (Å²) >= 11 is 0. The molecular formula is C15H30O3. The molecule has 0 aromatic carbocycles. The van der Waals surface area contributed by atoms with Crippen molar-refractivity contribution in [1.29, 1.82) is 0 Å². The summed E-state index contributed by atoms with van der Waals surface area (Å²) in [5.74, 6) is 1.64. The first-order valence-electron chi connectivity index (χ1n) is 7.41. The highest BCUT2D eigenvalue weighted by molar-refractivity contribution is 4.81. The number of aliphatic hydroxyl groups is 3. The Bertz CT molecular complexity index is 182. The van der Waals surface area contributed by atoms with Crippen LogP contribution in [0.5, 0.6) is 0 Å². The van der Waals surface area contributed by atoms with Crippen molar-refractivity contribution in [2.24, 2.45) is 17.8 Å². The van der Waals surface area contributed by atoms with Crippen LogP contribution in [0.2, 0.25) is 0 Å². The topological polar surface area (TPSA) is 60.7 Å². The molecular weight excluding hydrogens is 228 g/mol. The van der Waals surface area contributed by atoms with Gasteiger partial charge >= 0.3 is 0 Å². The third-order valence-electron chi connectivity index (χ3n) is 4.02. The summed E-state index contributed by atoms with van der Waals surface area (Å²) in [6, 6.07) is 0. The van der Waals surface area contributed by atoms with Crippen LogP contribution < -0.4 is 0 Å². The number of rotatable bonds is 6. The van der Waals surface area contributed by atoms with Gasteiger partial charge in [-0.3, -0.25) is 0 Å². The summed E-state index contributed by atoms with van der Waals surface area (Å²) in [6.45, 7) is 5.55. The fraction of sp³-hybridized carbons (Fsp3) is 1.00. The van der Waals surface area contributed by atoms with E-state index in [0.29, 0.717) is 17.8 Å². The number of hydrogen-bond acceptors (Lipinski definition) is 3. The summed E-state index contributed by atoms with van der Waals surface area (Å²) in [5, 5.41) is 28.6. The molecule has 0 saturated heterocycles. The number of aliphatic hydroxyl groups excluding tert-OH is 3. The molecule has 3 nitrogen and oxygen atoms in total. The normalized spacial score (nSPS) is 34.0. The Morgan fingerprint density at radius 2 is 0.889 bits per heavy atom. The first-order valence-corrected chi connectivity index (χ1v) is 7.41. The molecule has 3 atom stereocenters.